The van der Waals surface area contributed by atoms with Gasteiger partial charge in [0.2, 0.25) is 0 Å². The predicted octanol–water partition coefficient (Wildman–Crippen LogP) is 7.78. The van der Waals surface area contributed by atoms with E-state index in [4.69, 9.17) is 0 Å². The summed E-state index contributed by atoms with van der Waals surface area (Å²) < 4.78 is 0. The number of para-hydroxylation sites is 2. The van der Waals surface area contributed by atoms with Gasteiger partial charge in [-0.2, -0.15) is 13.5 Å². The van der Waals surface area contributed by atoms with E-state index in [1.165, 1.54) is 19.0 Å². The summed E-state index contributed by atoms with van der Waals surface area (Å²) in [6, 6.07) is 23.1. The minimum absolute atomic E-state index is 0. The maximum atomic E-state index is 12.2. The zero-order valence-electron chi connectivity index (χ0n) is 37.4. The van der Waals surface area contributed by atoms with Crippen LogP contribution in [0.2, 0.25) is 0 Å². The lowest BCUT2D eigenvalue weighted by molar-refractivity contribution is 0.0952. The van der Waals surface area contributed by atoms with Gasteiger partial charge in [-0.15, -0.1) is 0 Å². The van der Waals surface area contributed by atoms with Gasteiger partial charge in [-0.25, -0.2) is 39.9 Å². The molecule has 0 saturated carbocycles. The zero-order valence-corrected chi connectivity index (χ0v) is 38.4. The minimum Gasteiger partial charge on any atom is -0.369 e. The van der Waals surface area contributed by atoms with Crippen molar-refractivity contribution in [3.05, 3.63) is 151 Å². The molecule has 16 nitrogen and oxygen atoms in total. The van der Waals surface area contributed by atoms with Gasteiger partial charge >= 0.3 is 0 Å². The normalized spacial score (nSPS) is 10.8. The van der Waals surface area contributed by atoms with E-state index in [2.05, 4.69) is 84.6 Å². The number of benzene rings is 2. The average molecular weight is 889 g/mol. The van der Waals surface area contributed by atoms with Crippen molar-refractivity contribution in [3.63, 3.8) is 0 Å². The number of pyridine rings is 2. The number of rotatable bonds is 12. The summed E-state index contributed by atoms with van der Waals surface area (Å²) in [5.41, 5.74) is 10.2. The van der Waals surface area contributed by atoms with E-state index < -0.39 is 0 Å². The number of carbonyl (C=O) groups is 2. The number of nitrogens with zero attached hydrogens (tertiary/aromatic N) is 10. The number of anilines is 2. The van der Waals surface area contributed by atoms with Gasteiger partial charge in [-0.3, -0.25) is 19.6 Å². The molecule has 0 aliphatic rings. The van der Waals surface area contributed by atoms with Crippen LogP contribution in [0, 0.1) is 13.8 Å². The lowest BCUT2D eigenvalue weighted by Gasteiger charge is -2.16. The fourth-order valence-corrected chi connectivity index (χ4v) is 6.60. The van der Waals surface area contributed by atoms with Crippen molar-refractivity contribution >= 4 is 64.3 Å². The van der Waals surface area contributed by atoms with E-state index in [1.807, 2.05) is 107 Å². The second kappa shape index (κ2) is 23.1. The van der Waals surface area contributed by atoms with Crippen LogP contribution in [-0.2, 0) is 0 Å². The monoisotopic (exact) mass is 888 g/mol. The molecular formula is C48H52N14O2S. The standard InChI is InChI=1S/C23H23N7O.C23H21N7O.C2H6.H2S/c2*1-14(17-5-4-6-18-21(17)29-13-30-22(18)23(31)24-3)10-26-20-9-19(27-12-28-20)16-8-7-15(2)25-11-16;1-2;/h4-9,11-14H,10H2,1-3H3,(H,24,31)(H,26,27,28);4-9,11-13H,1,10H2,2-3H3,(H,24,31)(H,26,27,28);1-2H3;1H2/t14-;;;/m1.../s1. The highest BCUT2D eigenvalue weighted by Gasteiger charge is 2.17. The second-order valence-corrected chi connectivity index (χ2v) is 14.2. The molecule has 65 heavy (non-hydrogen) atoms. The highest BCUT2D eigenvalue weighted by molar-refractivity contribution is 7.59. The van der Waals surface area contributed by atoms with Crippen LogP contribution in [-0.4, -0.2) is 88.8 Å². The smallest absolute Gasteiger partial charge is 0.270 e. The Hall–Kier alpha value is -7.79. The largest absolute Gasteiger partial charge is 0.369 e. The van der Waals surface area contributed by atoms with E-state index in [9.17, 15) is 9.59 Å². The van der Waals surface area contributed by atoms with Crippen molar-refractivity contribution in [1.29, 1.82) is 0 Å². The van der Waals surface area contributed by atoms with E-state index in [1.54, 1.807) is 26.6 Å². The molecule has 6 aromatic heterocycles. The average Bonchev–Trinajstić information content (AvgIpc) is 3.35. The van der Waals surface area contributed by atoms with Gasteiger partial charge in [0, 0.05) is 96.5 Å². The van der Waals surface area contributed by atoms with Crippen LogP contribution in [0.25, 0.3) is 49.9 Å². The number of amides is 2. The SMILES string of the molecule is C=C(CNc1cc(-c2ccc(C)nc2)ncn1)c1cccc2c(C(=O)NC)ncnc12.CC.CNC(=O)c1ncnc2c([C@H](C)CNc3cc(-c4ccc(C)nc4)ncn3)cccc12.S. The lowest BCUT2D eigenvalue weighted by Crippen LogP contribution is -2.20. The Bertz CT molecular complexity index is 2900. The molecule has 332 valence electrons. The fourth-order valence-electron chi connectivity index (χ4n) is 6.60. The number of fused-ring (bicyclic) bond motifs is 2. The van der Waals surface area contributed by atoms with Gasteiger partial charge in [0.1, 0.15) is 48.3 Å². The third kappa shape index (κ3) is 11.8. The first-order chi connectivity index (χ1) is 31.1. The molecule has 0 unspecified atom stereocenters. The molecule has 17 heteroatoms. The van der Waals surface area contributed by atoms with Crippen LogP contribution in [0.4, 0.5) is 11.6 Å². The number of hydrogen-bond acceptors (Lipinski definition) is 14. The number of aryl methyl sites for hydroxylation is 2. The van der Waals surface area contributed by atoms with E-state index in [-0.39, 0.29) is 31.2 Å². The zero-order chi connectivity index (χ0) is 45.6. The molecule has 0 bridgehead atoms. The number of aromatic nitrogens is 10. The van der Waals surface area contributed by atoms with Crippen molar-refractivity contribution in [2.45, 2.75) is 40.5 Å². The van der Waals surface area contributed by atoms with Crippen LogP contribution in [0.15, 0.2) is 117 Å². The Morgan fingerprint density at radius 1 is 0.600 bits per heavy atom. The molecule has 8 rings (SSSR count). The molecule has 0 radical (unpaired) electrons. The summed E-state index contributed by atoms with van der Waals surface area (Å²) in [7, 11) is 3.17. The van der Waals surface area contributed by atoms with E-state index in [0.717, 1.165) is 67.3 Å². The summed E-state index contributed by atoms with van der Waals surface area (Å²) in [6.07, 6.45) is 9.49. The summed E-state index contributed by atoms with van der Waals surface area (Å²) in [6.45, 7) is 15.3. The molecule has 2 aromatic carbocycles. The van der Waals surface area contributed by atoms with Gasteiger partial charge < -0.3 is 21.3 Å². The second-order valence-electron chi connectivity index (χ2n) is 14.2. The number of nitrogens with one attached hydrogen (secondary N) is 4. The summed E-state index contributed by atoms with van der Waals surface area (Å²) in [5, 5.41) is 13.3. The molecule has 0 saturated heterocycles. The molecule has 0 spiro atoms. The molecule has 0 aliphatic heterocycles. The number of hydrogen-bond donors (Lipinski definition) is 4. The van der Waals surface area contributed by atoms with E-state index in [0.29, 0.717) is 41.2 Å². The Morgan fingerprint density at radius 2 is 1.09 bits per heavy atom. The third-order valence-electron chi connectivity index (χ3n) is 9.98. The van der Waals surface area contributed by atoms with Crippen molar-refractivity contribution in [2.24, 2.45) is 0 Å². The van der Waals surface area contributed by atoms with Crippen molar-refractivity contribution in [2.75, 3.05) is 37.8 Å². The Morgan fingerprint density at radius 3 is 1.62 bits per heavy atom. The van der Waals surface area contributed by atoms with Crippen LogP contribution in [0.3, 0.4) is 0 Å². The van der Waals surface area contributed by atoms with Gasteiger partial charge in [0.15, 0.2) is 0 Å². The summed E-state index contributed by atoms with van der Waals surface area (Å²) in [5.74, 6) is 1.04. The third-order valence-corrected chi connectivity index (χ3v) is 9.98. The van der Waals surface area contributed by atoms with Crippen molar-refractivity contribution in [1.82, 2.24) is 60.5 Å². The summed E-state index contributed by atoms with van der Waals surface area (Å²) in [4.78, 5) is 67.4. The molecule has 2 amide bonds. The van der Waals surface area contributed by atoms with E-state index >= 15 is 0 Å². The highest BCUT2D eigenvalue weighted by Crippen LogP contribution is 2.27. The first kappa shape index (κ1) is 48.2. The highest BCUT2D eigenvalue weighted by atomic mass is 32.1. The lowest BCUT2D eigenvalue weighted by atomic mass is 9.97. The quantitative estimate of drug-likeness (QED) is 0.0923. The van der Waals surface area contributed by atoms with Gasteiger partial charge in [-0.05, 0) is 49.2 Å². The van der Waals surface area contributed by atoms with Gasteiger partial charge in [0.25, 0.3) is 11.8 Å². The molecule has 1 atom stereocenters. The molecular weight excluding hydrogens is 837 g/mol. The Balaban J connectivity index is 0.000000232. The van der Waals surface area contributed by atoms with Crippen molar-refractivity contribution in [3.8, 4) is 22.5 Å². The first-order valence-corrected chi connectivity index (χ1v) is 20.7. The topological polar surface area (TPSA) is 211 Å². The van der Waals surface area contributed by atoms with Gasteiger partial charge in [-0.1, -0.05) is 63.7 Å². The molecule has 0 fully saturated rings. The number of carbonyl (C=O) groups excluding carboxylic acids is 2. The molecule has 0 aliphatic carbocycles. The fraction of sp³-hybridized carbons (Fsp3) is 0.208. The van der Waals surface area contributed by atoms with Crippen LogP contribution < -0.4 is 21.3 Å². The minimum atomic E-state index is -0.257. The predicted molar refractivity (Wildman–Crippen MR) is 262 cm³/mol. The van der Waals surface area contributed by atoms with Crippen LogP contribution in [0.5, 0.6) is 0 Å². The van der Waals surface area contributed by atoms with Crippen LogP contribution >= 0.6 is 13.5 Å². The molecule has 8 aromatic rings. The Labute approximate surface area is 384 Å². The molecule has 6 heterocycles. The maximum Gasteiger partial charge on any atom is 0.270 e. The molecule has 4 N–H and O–H groups in total. The first-order valence-electron chi connectivity index (χ1n) is 20.7. The van der Waals surface area contributed by atoms with Gasteiger partial charge in [0.05, 0.1) is 22.4 Å². The summed E-state index contributed by atoms with van der Waals surface area (Å²) >= 11 is 0. The van der Waals surface area contributed by atoms with Crippen molar-refractivity contribution < 1.29 is 9.59 Å². The maximum absolute atomic E-state index is 12.2. The van der Waals surface area contributed by atoms with Crippen LogP contribution in [0.1, 0.15) is 70.2 Å². The Kier molecular flexibility index (Phi) is 17.1.